The van der Waals surface area contributed by atoms with Crippen molar-refractivity contribution in [3.63, 3.8) is 0 Å². The van der Waals surface area contributed by atoms with Crippen molar-refractivity contribution in [2.75, 3.05) is 13.7 Å². The monoisotopic (exact) mass is 305 g/mol. The molecule has 2 unspecified atom stereocenters. The summed E-state index contributed by atoms with van der Waals surface area (Å²) in [6.45, 7) is 6.56. The van der Waals surface area contributed by atoms with Crippen molar-refractivity contribution in [1.82, 2.24) is 4.90 Å². The summed E-state index contributed by atoms with van der Waals surface area (Å²) in [5.41, 5.74) is 2.22. The summed E-state index contributed by atoms with van der Waals surface area (Å²) in [6.07, 6.45) is 3.27. The second-order valence-corrected chi connectivity index (χ2v) is 5.35. The Kier molecular flexibility index (Phi) is 5.21. The van der Waals surface area contributed by atoms with Crippen LogP contribution < -0.4 is 0 Å². The number of ether oxygens (including phenoxy) is 3. The molecular weight excluding hydrogens is 282 g/mol. The van der Waals surface area contributed by atoms with E-state index >= 15 is 0 Å². The van der Waals surface area contributed by atoms with Gasteiger partial charge in [-0.1, -0.05) is 42.0 Å². The molecule has 0 spiro atoms. The molecule has 1 amide bonds. The SMILES string of the molecule is C/C=C/COC1(OC)OC(=O)N(Cc2ccc(C)cc2)C1C. The van der Waals surface area contributed by atoms with Gasteiger partial charge in [0.15, 0.2) is 0 Å². The number of allylic oxidation sites excluding steroid dienone is 1. The third kappa shape index (κ3) is 3.31. The van der Waals surface area contributed by atoms with Crippen LogP contribution in [0.2, 0.25) is 0 Å². The Bertz CT molecular complexity index is 540. The molecule has 1 fully saturated rings. The predicted octanol–water partition coefficient (Wildman–Crippen LogP) is 3.23. The molecule has 1 aliphatic rings. The number of hydrogen-bond donors (Lipinski definition) is 0. The van der Waals surface area contributed by atoms with E-state index in [1.54, 1.807) is 4.90 Å². The standard InChI is InChI=1S/C17H23NO4/c1-5-6-11-21-17(20-4)14(3)18(16(19)22-17)12-15-9-7-13(2)8-10-15/h5-10,14H,11-12H2,1-4H3/b6-5+. The van der Waals surface area contributed by atoms with Gasteiger partial charge in [-0.3, -0.25) is 4.90 Å². The third-order valence-corrected chi connectivity index (χ3v) is 3.82. The summed E-state index contributed by atoms with van der Waals surface area (Å²) in [6, 6.07) is 7.70. The molecular formula is C17H23NO4. The van der Waals surface area contributed by atoms with Crippen LogP contribution in [-0.4, -0.2) is 36.7 Å². The molecule has 22 heavy (non-hydrogen) atoms. The molecule has 0 saturated carbocycles. The first-order chi connectivity index (χ1) is 10.5. The van der Waals surface area contributed by atoms with Gasteiger partial charge in [0.1, 0.15) is 6.04 Å². The number of hydrogen-bond acceptors (Lipinski definition) is 4. The molecule has 0 aliphatic carbocycles. The van der Waals surface area contributed by atoms with Crippen LogP contribution in [0.25, 0.3) is 0 Å². The molecule has 1 aromatic rings. The van der Waals surface area contributed by atoms with Crippen molar-refractivity contribution in [1.29, 1.82) is 0 Å². The maximum absolute atomic E-state index is 12.2. The third-order valence-electron chi connectivity index (χ3n) is 3.82. The quantitative estimate of drug-likeness (QED) is 0.598. The summed E-state index contributed by atoms with van der Waals surface area (Å²) >= 11 is 0. The second kappa shape index (κ2) is 6.94. The average molecular weight is 305 g/mol. The smallest absolute Gasteiger partial charge is 0.389 e. The van der Waals surface area contributed by atoms with Crippen molar-refractivity contribution < 1.29 is 19.0 Å². The van der Waals surface area contributed by atoms with Crippen molar-refractivity contribution in [2.45, 2.75) is 39.3 Å². The zero-order valence-corrected chi connectivity index (χ0v) is 13.5. The Balaban J connectivity index is 2.12. The minimum absolute atomic E-state index is 0.320. The topological polar surface area (TPSA) is 48.0 Å². The molecule has 1 heterocycles. The highest BCUT2D eigenvalue weighted by atomic mass is 16.9. The number of nitrogens with zero attached hydrogens (tertiary/aromatic N) is 1. The van der Waals surface area contributed by atoms with Gasteiger partial charge in [-0.2, -0.15) is 0 Å². The Morgan fingerprint density at radius 2 is 2.05 bits per heavy atom. The summed E-state index contributed by atoms with van der Waals surface area (Å²) in [5, 5.41) is 0. The number of methoxy groups -OCH3 is 1. The van der Waals surface area contributed by atoms with E-state index in [9.17, 15) is 4.79 Å². The van der Waals surface area contributed by atoms with E-state index in [1.165, 1.54) is 12.7 Å². The average Bonchev–Trinajstić information content (AvgIpc) is 2.74. The first-order valence-corrected chi connectivity index (χ1v) is 7.38. The first kappa shape index (κ1) is 16.5. The van der Waals surface area contributed by atoms with Gasteiger partial charge in [0, 0.05) is 13.7 Å². The minimum Gasteiger partial charge on any atom is -0.389 e. The van der Waals surface area contributed by atoms with Crippen LogP contribution in [0.3, 0.4) is 0 Å². The van der Waals surface area contributed by atoms with E-state index in [-0.39, 0.29) is 6.04 Å². The molecule has 0 radical (unpaired) electrons. The molecule has 0 N–H and O–H groups in total. The molecule has 120 valence electrons. The van der Waals surface area contributed by atoms with Crippen LogP contribution in [0.15, 0.2) is 36.4 Å². The van der Waals surface area contributed by atoms with Crippen LogP contribution in [0.5, 0.6) is 0 Å². The van der Waals surface area contributed by atoms with Crippen LogP contribution in [0, 0.1) is 6.92 Å². The maximum atomic E-state index is 12.2. The zero-order valence-electron chi connectivity index (χ0n) is 13.5. The van der Waals surface area contributed by atoms with Crippen LogP contribution in [0.4, 0.5) is 4.79 Å². The Labute approximate surface area is 131 Å². The number of aryl methyl sites for hydroxylation is 1. The van der Waals surface area contributed by atoms with Crippen LogP contribution in [-0.2, 0) is 20.8 Å². The molecule has 1 saturated heterocycles. The molecule has 1 aliphatic heterocycles. The molecule has 5 heteroatoms. The number of benzene rings is 1. The van der Waals surface area contributed by atoms with Crippen molar-refractivity contribution >= 4 is 6.09 Å². The lowest BCUT2D eigenvalue weighted by molar-refractivity contribution is -0.337. The number of rotatable bonds is 6. The first-order valence-electron chi connectivity index (χ1n) is 7.38. The summed E-state index contributed by atoms with van der Waals surface area (Å²) in [4.78, 5) is 13.8. The largest absolute Gasteiger partial charge is 0.415 e. The molecule has 2 rings (SSSR count). The van der Waals surface area contributed by atoms with E-state index in [4.69, 9.17) is 14.2 Å². The van der Waals surface area contributed by atoms with Gasteiger partial charge in [0.2, 0.25) is 0 Å². The normalized spacial score (nSPS) is 25.0. The van der Waals surface area contributed by atoms with Gasteiger partial charge in [-0.25, -0.2) is 4.79 Å². The van der Waals surface area contributed by atoms with E-state index in [1.807, 2.05) is 57.2 Å². The Morgan fingerprint density at radius 1 is 1.36 bits per heavy atom. The fourth-order valence-electron chi connectivity index (χ4n) is 2.39. The van der Waals surface area contributed by atoms with Gasteiger partial charge in [-0.05, 0) is 26.3 Å². The number of cyclic esters (lactones) is 1. The van der Waals surface area contributed by atoms with Gasteiger partial charge >= 0.3 is 12.1 Å². The molecule has 2 atom stereocenters. The van der Waals surface area contributed by atoms with Crippen LogP contribution >= 0.6 is 0 Å². The van der Waals surface area contributed by atoms with E-state index in [0.717, 1.165) is 5.56 Å². The van der Waals surface area contributed by atoms with Gasteiger partial charge in [-0.15, -0.1) is 0 Å². The summed E-state index contributed by atoms with van der Waals surface area (Å²) in [5.74, 6) is -1.36. The highest BCUT2D eigenvalue weighted by Crippen LogP contribution is 2.33. The highest BCUT2D eigenvalue weighted by Gasteiger charge is 2.54. The van der Waals surface area contributed by atoms with E-state index in [2.05, 4.69) is 0 Å². The van der Waals surface area contributed by atoms with Crippen molar-refractivity contribution in [3.05, 3.63) is 47.5 Å². The molecule has 0 aromatic heterocycles. The Hall–Kier alpha value is -1.85. The van der Waals surface area contributed by atoms with Gasteiger partial charge in [0.05, 0.1) is 6.61 Å². The number of carbonyl (C=O) groups is 1. The maximum Gasteiger partial charge on any atom is 0.415 e. The van der Waals surface area contributed by atoms with Crippen molar-refractivity contribution in [2.24, 2.45) is 0 Å². The number of carbonyl (C=O) groups excluding carboxylic acids is 1. The predicted molar refractivity (Wildman–Crippen MR) is 83.2 cm³/mol. The summed E-state index contributed by atoms with van der Waals surface area (Å²) < 4.78 is 16.4. The molecule has 5 nitrogen and oxygen atoms in total. The van der Waals surface area contributed by atoms with Crippen LogP contribution in [0.1, 0.15) is 25.0 Å². The highest BCUT2D eigenvalue weighted by molar-refractivity contribution is 5.71. The van der Waals surface area contributed by atoms with Gasteiger partial charge in [0.25, 0.3) is 0 Å². The lowest BCUT2D eigenvalue weighted by Gasteiger charge is -2.29. The fraction of sp³-hybridized carbons (Fsp3) is 0.471. The minimum atomic E-state index is -1.36. The number of amides is 1. The molecule has 1 aromatic carbocycles. The lowest BCUT2D eigenvalue weighted by atomic mass is 10.1. The summed E-state index contributed by atoms with van der Waals surface area (Å²) in [7, 11) is 1.48. The Morgan fingerprint density at radius 3 is 2.64 bits per heavy atom. The van der Waals surface area contributed by atoms with E-state index < -0.39 is 12.1 Å². The van der Waals surface area contributed by atoms with E-state index in [0.29, 0.717) is 13.2 Å². The fourth-order valence-corrected chi connectivity index (χ4v) is 2.39. The van der Waals surface area contributed by atoms with Gasteiger partial charge < -0.3 is 14.2 Å². The lowest BCUT2D eigenvalue weighted by Crippen LogP contribution is -2.47. The second-order valence-electron chi connectivity index (χ2n) is 5.35. The zero-order chi connectivity index (χ0) is 16.2. The molecule has 0 bridgehead atoms. The van der Waals surface area contributed by atoms with Crippen molar-refractivity contribution in [3.8, 4) is 0 Å².